The molecule has 1 heterocycles. The quantitative estimate of drug-likeness (QED) is 0.670. The number of carbonyl (C=O) groups excluding carboxylic acids is 1. The minimum Gasteiger partial charge on any atom is -0.351 e. The third-order valence-electron chi connectivity index (χ3n) is 4.42. The number of nitrogens with two attached hydrogens (primary N) is 1. The summed E-state index contributed by atoms with van der Waals surface area (Å²) in [4.78, 5) is 11.1. The van der Waals surface area contributed by atoms with Crippen LogP contribution in [0, 0.1) is 0 Å². The van der Waals surface area contributed by atoms with Crippen LogP contribution >= 0.6 is 0 Å². The number of hydrogen-bond donors (Lipinski definition) is 2. The normalized spacial score (nSPS) is 10.8. The summed E-state index contributed by atoms with van der Waals surface area (Å²) in [6, 6.07) is 9.86. The van der Waals surface area contributed by atoms with Crippen molar-refractivity contribution in [3.63, 3.8) is 0 Å². The molecule has 2 amide bonds. The Kier molecular flexibility index (Phi) is 7.11. The summed E-state index contributed by atoms with van der Waals surface area (Å²) < 4.78 is 2.52. The van der Waals surface area contributed by atoms with Crippen molar-refractivity contribution in [2.75, 3.05) is 5.32 Å². The molecule has 2 rings (SSSR count). The van der Waals surface area contributed by atoms with E-state index in [1.807, 2.05) is 18.2 Å². The molecule has 4 nitrogen and oxygen atoms in total. The number of carbonyl (C=O) groups is 1. The van der Waals surface area contributed by atoms with Crippen LogP contribution in [0.15, 0.2) is 30.3 Å². The maximum Gasteiger partial charge on any atom is 0.316 e. The van der Waals surface area contributed by atoms with Crippen molar-refractivity contribution in [2.24, 2.45) is 5.73 Å². The van der Waals surface area contributed by atoms with Crippen molar-refractivity contribution < 1.29 is 4.79 Å². The van der Waals surface area contributed by atoms with Crippen LogP contribution in [-0.2, 0) is 25.8 Å². The van der Waals surface area contributed by atoms with Gasteiger partial charge in [0.25, 0.3) is 0 Å². The zero-order valence-corrected chi connectivity index (χ0v) is 15.8. The Morgan fingerprint density at radius 1 is 1.08 bits per heavy atom. The lowest BCUT2D eigenvalue weighted by atomic mass is 10.0. The molecule has 0 unspecified atom stereocenters. The molecule has 0 aliphatic rings. The van der Waals surface area contributed by atoms with Crippen LogP contribution in [-0.4, -0.2) is 10.6 Å². The van der Waals surface area contributed by atoms with E-state index in [9.17, 15) is 4.79 Å². The Bertz CT molecular complexity index is 703. The lowest BCUT2D eigenvalue weighted by Crippen LogP contribution is -2.19. The predicted molar refractivity (Wildman–Crippen MR) is 105 cm³/mol. The van der Waals surface area contributed by atoms with E-state index in [2.05, 4.69) is 42.8 Å². The molecule has 1 aromatic heterocycles. The van der Waals surface area contributed by atoms with Gasteiger partial charge in [0.2, 0.25) is 0 Å². The zero-order chi connectivity index (χ0) is 18.2. The van der Waals surface area contributed by atoms with Gasteiger partial charge in [-0.05, 0) is 48.6 Å². The average Bonchev–Trinajstić information content (AvgIpc) is 2.86. The number of rotatable bonds is 9. The van der Waals surface area contributed by atoms with Gasteiger partial charge in [-0.25, -0.2) is 4.79 Å². The zero-order valence-electron chi connectivity index (χ0n) is 15.8. The maximum atomic E-state index is 11.1. The van der Waals surface area contributed by atoms with Crippen molar-refractivity contribution in [2.45, 2.75) is 65.8 Å². The molecule has 25 heavy (non-hydrogen) atoms. The lowest BCUT2D eigenvalue weighted by molar-refractivity contribution is 0.259. The van der Waals surface area contributed by atoms with Crippen LogP contribution in [0.5, 0.6) is 0 Å². The van der Waals surface area contributed by atoms with Crippen molar-refractivity contribution in [3.8, 4) is 0 Å². The molecule has 0 saturated heterocycles. The van der Waals surface area contributed by atoms with E-state index in [4.69, 9.17) is 5.73 Å². The molecule has 0 saturated carbocycles. The number of benzene rings is 1. The summed E-state index contributed by atoms with van der Waals surface area (Å²) in [5.41, 5.74) is 11.5. The first-order chi connectivity index (χ1) is 12.1. The summed E-state index contributed by atoms with van der Waals surface area (Å²) >= 11 is 0. The van der Waals surface area contributed by atoms with Gasteiger partial charge in [0.1, 0.15) is 0 Å². The van der Waals surface area contributed by atoms with Gasteiger partial charge in [-0.15, -0.1) is 0 Å². The highest BCUT2D eigenvalue weighted by molar-refractivity contribution is 5.87. The summed E-state index contributed by atoms with van der Waals surface area (Å²) in [5.74, 6) is 0. The fraction of sp³-hybridized carbons (Fsp3) is 0.476. The van der Waals surface area contributed by atoms with E-state index in [1.165, 1.54) is 22.5 Å². The lowest BCUT2D eigenvalue weighted by Gasteiger charge is -2.14. The highest BCUT2D eigenvalue weighted by Crippen LogP contribution is 2.24. The van der Waals surface area contributed by atoms with Gasteiger partial charge in [0.15, 0.2) is 0 Å². The molecule has 0 bridgehead atoms. The minimum absolute atomic E-state index is 0.525. The first kappa shape index (κ1) is 19.1. The predicted octanol–water partition coefficient (Wildman–Crippen LogP) is 4.88. The summed E-state index contributed by atoms with van der Waals surface area (Å²) in [6.07, 6.45) is 6.57. The Hall–Kier alpha value is -2.23. The average molecular weight is 341 g/mol. The number of anilines is 1. The van der Waals surface area contributed by atoms with Gasteiger partial charge in [-0.1, -0.05) is 45.7 Å². The highest BCUT2D eigenvalue weighted by atomic mass is 16.2. The van der Waals surface area contributed by atoms with Crippen LogP contribution in [0.4, 0.5) is 10.5 Å². The second kappa shape index (κ2) is 9.30. The summed E-state index contributed by atoms with van der Waals surface area (Å²) in [7, 11) is 0. The van der Waals surface area contributed by atoms with E-state index in [1.54, 1.807) is 0 Å². The number of primary amides is 1. The highest BCUT2D eigenvalue weighted by Gasteiger charge is 2.14. The van der Waals surface area contributed by atoms with Crippen LogP contribution in [0.1, 0.15) is 62.5 Å². The maximum absolute atomic E-state index is 11.1. The number of nitrogens with one attached hydrogen (secondary N) is 1. The standard InChI is InChI=1S/C21H31N3O/c1-4-8-17-15-19(9-5-2)24(12-6-3)20(17)14-16-10-7-11-18(13-16)23-21(22)25/h7,10-11,13,15H,4-6,8-9,12,14H2,1-3H3,(H3,22,23,25). The van der Waals surface area contributed by atoms with Gasteiger partial charge in [0.05, 0.1) is 0 Å². The number of amides is 2. The van der Waals surface area contributed by atoms with Gasteiger partial charge < -0.3 is 15.6 Å². The van der Waals surface area contributed by atoms with E-state index in [-0.39, 0.29) is 0 Å². The topological polar surface area (TPSA) is 60.1 Å². The number of nitrogens with zero attached hydrogens (tertiary/aromatic N) is 1. The molecule has 136 valence electrons. The molecular formula is C21H31N3O. The van der Waals surface area contributed by atoms with Gasteiger partial charge in [-0.3, -0.25) is 0 Å². The molecule has 0 atom stereocenters. The minimum atomic E-state index is -0.525. The van der Waals surface area contributed by atoms with Crippen molar-refractivity contribution in [1.29, 1.82) is 0 Å². The van der Waals surface area contributed by atoms with E-state index < -0.39 is 6.03 Å². The Morgan fingerprint density at radius 2 is 1.84 bits per heavy atom. The third kappa shape index (κ3) is 5.12. The smallest absolute Gasteiger partial charge is 0.316 e. The first-order valence-electron chi connectivity index (χ1n) is 9.44. The number of aryl methyl sites for hydroxylation is 2. The van der Waals surface area contributed by atoms with Crippen molar-refractivity contribution >= 4 is 11.7 Å². The molecule has 0 fully saturated rings. The molecule has 0 aliphatic carbocycles. The first-order valence-corrected chi connectivity index (χ1v) is 9.44. The van der Waals surface area contributed by atoms with Gasteiger partial charge >= 0.3 is 6.03 Å². The van der Waals surface area contributed by atoms with Crippen molar-refractivity contribution in [1.82, 2.24) is 4.57 Å². The summed E-state index contributed by atoms with van der Waals surface area (Å²) in [5, 5.41) is 2.67. The Labute approximate surface area is 151 Å². The molecular weight excluding hydrogens is 310 g/mol. The van der Waals surface area contributed by atoms with E-state index in [0.717, 1.165) is 50.8 Å². The largest absolute Gasteiger partial charge is 0.351 e. The fourth-order valence-electron chi connectivity index (χ4n) is 3.46. The van der Waals surface area contributed by atoms with Crippen LogP contribution in [0.3, 0.4) is 0 Å². The molecule has 2 aromatic rings. The van der Waals surface area contributed by atoms with E-state index in [0.29, 0.717) is 0 Å². The Morgan fingerprint density at radius 3 is 2.48 bits per heavy atom. The van der Waals surface area contributed by atoms with E-state index >= 15 is 0 Å². The van der Waals surface area contributed by atoms with Crippen LogP contribution in [0.2, 0.25) is 0 Å². The molecule has 0 spiro atoms. The van der Waals surface area contributed by atoms with Gasteiger partial charge in [-0.2, -0.15) is 0 Å². The molecule has 3 N–H and O–H groups in total. The SMILES string of the molecule is CCCc1cc(CCC)n(CCC)c1Cc1cccc(NC(N)=O)c1. The molecule has 0 radical (unpaired) electrons. The van der Waals surface area contributed by atoms with Gasteiger partial charge in [0, 0.05) is 30.0 Å². The second-order valence-electron chi connectivity index (χ2n) is 6.63. The van der Waals surface area contributed by atoms with Crippen molar-refractivity contribution in [3.05, 3.63) is 52.8 Å². The van der Waals surface area contributed by atoms with Crippen LogP contribution < -0.4 is 11.1 Å². The van der Waals surface area contributed by atoms with Crippen LogP contribution in [0.25, 0.3) is 0 Å². The monoisotopic (exact) mass is 341 g/mol. The number of aromatic nitrogens is 1. The fourth-order valence-corrected chi connectivity index (χ4v) is 3.46. The third-order valence-corrected chi connectivity index (χ3v) is 4.42. The number of urea groups is 1. The number of hydrogen-bond acceptors (Lipinski definition) is 1. The molecule has 0 aliphatic heterocycles. The second-order valence-corrected chi connectivity index (χ2v) is 6.63. The Balaban J connectivity index is 2.37. The molecule has 1 aromatic carbocycles. The summed E-state index contributed by atoms with van der Waals surface area (Å²) in [6.45, 7) is 7.77. The molecule has 4 heteroatoms.